The number of rotatable bonds is 2. The van der Waals surface area contributed by atoms with E-state index in [0.29, 0.717) is 5.82 Å². The fraction of sp³-hybridized carbons (Fsp3) is 0. The second-order valence-electron chi connectivity index (χ2n) is 3.56. The van der Waals surface area contributed by atoms with Gasteiger partial charge in [0.1, 0.15) is 22.6 Å². The lowest BCUT2D eigenvalue weighted by atomic mass is 10.2. The Kier molecular flexibility index (Phi) is 4.95. The van der Waals surface area contributed by atoms with Crippen molar-refractivity contribution in [3.63, 3.8) is 0 Å². The summed E-state index contributed by atoms with van der Waals surface area (Å²) in [5.74, 6) is 2.10. The van der Waals surface area contributed by atoms with Gasteiger partial charge in [0.15, 0.2) is 5.82 Å². The molecule has 0 radical (unpaired) electrons. The fourth-order valence-corrected chi connectivity index (χ4v) is 1.66. The van der Waals surface area contributed by atoms with Gasteiger partial charge in [-0.05, 0) is 0 Å². The maximum atomic E-state index is 8.89. The van der Waals surface area contributed by atoms with Crippen LogP contribution in [0.5, 0.6) is 0 Å². The predicted molar refractivity (Wildman–Crippen MR) is 80.3 cm³/mol. The number of nitrogens with zero attached hydrogens (tertiary/aromatic N) is 4. The number of nitriles is 1. The number of allylic oxidation sites excluding steroid dienone is 1. The fourth-order valence-electron chi connectivity index (χ4n) is 1.48. The van der Waals surface area contributed by atoms with Gasteiger partial charge in [0.05, 0.1) is 5.57 Å². The first-order valence-corrected chi connectivity index (χ1v) is 5.61. The molecule has 0 aliphatic heterocycles. The zero-order valence-electron chi connectivity index (χ0n) is 10.6. The molecule has 0 amide bonds. The summed E-state index contributed by atoms with van der Waals surface area (Å²) >= 11 is 5.93. The molecular weight excluding hydrogens is 276 g/mol. The van der Waals surface area contributed by atoms with Crippen molar-refractivity contribution in [2.75, 3.05) is 5.73 Å². The summed E-state index contributed by atoms with van der Waals surface area (Å²) in [4.78, 5) is 8.20. The number of nitrogen functional groups attached to an aromatic ring is 1. The summed E-state index contributed by atoms with van der Waals surface area (Å²) < 4.78 is 0. The molecule has 0 unspecified atom stereocenters. The van der Waals surface area contributed by atoms with E-state index in [-0.39, 0.29) is 28.3 Å². The second kappa shape index (κ2) is 6.45. The molecule has 100 valence electrons. The average molecular weight is 287 g/mol. The number of hydrogen-bond donors (Lipinski definition) is 2. The summed E-state index contributed by atoms with van der Waals surface area (Å²) in [5.41, 5.74) is 6.27. The zero-order chi connectivity index (χ0) is 13.8. The summed E-state index contributed by atoms with van der Waals surface area (Å²) in [6, 6.07) is 10.8. The van der Waals surface area contributed by atoms with Crippen molar-refractivity contribution in [3.8, 4) is 17.5 Å². The van der Waals surface area contributed by atoms with E-state index in [0.717, 1.165) is 5.56 Å². The third-order valence-corrected chi connectivity index (χ3v) is 2.74. The minimum atomic E-state index is -0.198. The van der Waals surface area contributed by atoms with Gasteiger partial charge in [0, 0.05) is 5.56 Å². The van der Waals surface area contributed by atoms with Crippen LogP contribution in [0.3, 0.4) is 0 Å². The number of nitrogens with two attached hydrogens (primary N) is 1. The molecule has 0 saturated carbocycles. The van der Waals surface area contributed by atoms with Crippen molar-refractivity contribution in [1.82, 2.24) is 16.1 Å². The van der Waals surface area contributed by atoms with E-state index in [9.17, 15) is 0 Å². The van der Waals surface area contributed by atoms with Crippen LogP contribution in [0, 0.1) is 11.3 Å². The molecule has 0 aliphatic carbocycles. The van der Waals surface area contributed by atoms with Crippen LogP contribution in [0.4, 0.5) is 5.82 Å². The SMILES string of the molecule is N#CC(=C=[N-])c1nc(-c2ccccc2)nc(N)c1Cl.[NH4+]. The molecule has 0 spiro atoms. The highest BCUT2D eigenvalue weighted by atomic mass is 35.5. The van der Waals surface area contributed by atoms with Gasteiger partial charge in [-0.15, -0.1) is 0 Å². The van der Waals surface area contributed by atoms with Crippen LogP contribution in [0.1, 0.15) is 5.69 Å². The van der Waals surface area contributed by atoms with E-state index in [1.807, 2.05) is 18.2 Å². The lowest BCUT2D eigenvalue weighted by Crippen LogP contribution is -2.02. The summed E-state index contributed by atoms with van der Waals surface area (Å²) in [5, 5.41) is 17.8. The molecule has 0 atom stereocenters. The summed E-state index contributed by atoms with van der Waals surface area (Å²) in [6.45, 7) is 0. The van der Waals surface area contributed by atoms with Gasteiger partial charge in [-0.25, -0.2) is 15.8 Å². The Morgan fingerprint density at radius 2 is 1.90 bits per heavy atom. The molecular formula is C13H11ClN6. The molecule has 0 saturated heterocycles. The summed E-state index contributed by atoms with van der Waals surface area (Å²) in [6.07, 6.45) is 0. The van der Waals surface area contributed by atoms with Crippen molar-refractivity contribution in [3.05, 3.63) is 46.5 Å². The molecule has 1 aromatic carbocycles. The van der Waals surface area contributed by atoms with Crippen molar-refractivity contribution in [1.29, 1.82) is 5.26 Å². The van der Waals surface area contributed by atoms with Gasteiger partial charge in [-0.2, -0.15) is 5.26 Å². The van der Waals surface area contributed by atoms with Crippen LogP contribution in [0.15, 0.2) is 30.3 Å². The van der Waals surface area contributed by atoms with Crippen LogP contribution in [-0.4, -0.2) is 15.8 Å². The zero-order valence-corrected chi connectivity index (χ0v) is 11.4. The van der Waals surface area contributed by atoms with E-state index in [1.54, 1.807) is 24.1 Å². The highest BCUT2D eigenvalue weighted by Crippen LogP contribution is 2.27. The highest BCUT2D eigenvalue weighted by molar-refractivity contribution is 6.35. The number of anilines is 1. The van der Waals surface area contributed by atoms with Crippen LogP contribution >= 0.6 is 11.6 Å². The highest BCUT2D eigenvalue weighted by Gasteiger charge is 2.14. The van der Waals surface area contributed by atoms with E-state index in [4.69, 9.17) is 28.0 Å². The lowest BCUT2D eigenvalue weighted by Gasteiger charge is -2.07. The molecule has 1 aromatic heterocycles. The number of hydrogen-bond acceptors (Lipinski definition) is 4. The van der Waals surface area contributed by atoms with Gasteiger partial charge in [-0.3, -0.25) is 0 Å². The molecule has 1 heterocycles. The first-order valence-electron chi connectivity index (χ1n) is 5.23. The molecule has 6 N–H and O–H groups in total. The van der Waals surface area contributed by atoms with Crippen LogP contribution < -0.4 is 11.9 Å². The second-order valence-corrected chi connectivity index (χ2v) is 3.94. The maximum absolute atomic E-state index is 8.89. The van der Waals surface area contributed by atoms with Gasteiger partial charge >= 0.3 is 0 Å². The molecule has 7 heteroatoms. The Labute approximate surface area is 120 Å². The smallest absolute Gasteiger partial charge is 0.162 e. The molecule has 0 fully saturated rings. The van der Waals surface area contributed by atoms with Gasteiger partial charge < -0.3 is 17.3 Å². The van der Waals surface area contributed by atoms with E-state index < -0.39 is 0 Å². The topological polar surface area (TPSA) is 134 Å². The van der Waals surface area contributed by atoms with Crippen molar-refractivity contribution < 1.29 is 0 Å². The minimum Gasteiger partial charge on any atom is -0.762 e. The van der Waals surface area contributed by atoms with E-state index in [1.165, 1.54) is 0 Å². The van der Waals surface area contributed by atoms with Crippen molar-refractivity contribution in [2.45, 2.75) is 0 Å². The van der Waals surface area contributed by atoms with Crippen LogP contribution in [-0.2, 0) is 0 Å². The first-order chi connectivity index (χ1) is 9.17. The Morgan fingerprint density at radius 3 is 2.45 bits per heavy atom. The van der Waals surface area contributed by atoms with Crippen LogP contribution in [0.2, 0.25) is 5.02 Å². The van der Waals surface area contributed by atoms with Gasteiger partial charge in [-0.1, -0.05) is 41.9 Å². The molecule has 2 aromatic rings. The Bertz CT molecular complexity index is 714. The predicted octanol–water partition coefficient (Wildman–Crippen LogP) is 2.90. The van der Waals surface area contributed by atoms with Gasteiger partial charge in [0.25, 0.3) is 0 Å². The molecule has 0 aliphatic rings. The van der Waals surface area contributed by atoms with E-state index >= 15 is 0 Å². The molecule has 20 heavy (non-hydrogen) atoms. The third kappa shape index (κ3) is 2.82. The Hall–Kier alpha value is -2.71. The lowest BCUT2D eigenvalue weighted by molar-refractivity contribution is 1.16. The Balaban J connectivity index is 0.00000200. The Morgan fingerprint density at radius 1 is 1.25 bits per heavy atom. The van der Waals surface area contributed by atoms with Crippen molar-refractivity contribution >= 4 is 28.9 Å². The quantitative estimate of drug-likeness (QED) is 0.648. The number of quaternary nitrogens is 1. The maximum Gasteiger partial charge on any atom is 0.162 e. The molecule has 6 nitrogen and oxygen atoms in total. The summed E-state index contributed by atoms with van der Waals surface area (Å²) in [7, 11) is 0. The van der Waals surface area contributed by atoms with Gasteiger partial charge in [0.2, 0.25) is 0 Å². The third-order valence-electron chi connectivity index (χ3n) is 2.37. The molecule has 2 rings (SSSR count). The van der Waals surface area contributed by atoms with Crippen LogP contribution in [0.25, 0.3) is 22.4 Å². The monoisotopic (exact) mass is 286 g/mol. The molecule has 0 bridgehead atoms. The number of benzene rings is 1. The minimum absolute atomic E-state index is 0. The average Bonchev–Trinajstić information content (AvgIpc) is 2.45. The first kappa shape index (κ1) is 15.3. The largest absolute Gasteiger partial charge is 0.762 e. The number of aromatic nitrogens is 2. The van der Waals surface area contributed by atoms with E-state index in [2.05, 4.69) is 9.97 Å². The standard InChI is InChI=1S/C13H7ClN5.H3N/c14-10-11(9(6-15)7-16)18-13(19-12(10)17)8-4-2-1-3-5-8;/h1-5H,(H2,17,18,19);1H3/q-1;/p+1. The normalized spacial score (nSPS) is 9.00. The van der Waals surface area contributed by atoms with Crippen molar-refractivity contribution in [2.24, 2.45) is 0 Å². The number of halogens is 1.